The smallest absolute Gasteiger partial charge is 0.257 e. The molecule has 0 saturated heterocycles. The zero-order valence-electron chi connectivity index (χ0n) is 11.7. The van der Waals surface area contributed by atoms with Gasteiger partial charge in [-0.1, -0.05) is 6.07 Å². The van der Waals surface area contributed by atoms with Crippen LogP contribution in [0.3, 0.4) is 0 Å². The highest BCUT2D eigenvalue weighted by Gasteiger charge is 2.16. The molecule has 0 unspecified atom stereocenters. The van der Waals surface area contributed by atoms with E-state index in [4.69, 9.17) is 5.73 Å². The van der Waals surface area contributed by atoms with Crippen LogP contribution >= 0.6 is 31.9 Å². The Morgan fingerprint density at radius 2 is 1.76 bits per heavy atom. The maximum Gasteiger partial charge on any atom is 0.257 e. The van der Waals surface area contributed by atoms with E-state index >= 15 is 0 Å². The Morgan fingerprint density at radius 1 is 1.14 bits per heavy atom. The average molecular weight is 413 g/mol. The Bertz CT molecular complexity index is 666. The first kappa shape index (κ1) is 15.9. The Kier molecular flexibility index (Phi) is 4.90. The second kappa shape index (κ2) is 6.49. The van der Waals surface area contributed by atoms with Crippen molar-refractivity contribution in [3.8, 4) is 0 Å². The molecule has 0 aliphatic rings. The molecule has 2 rings (SSSR count). The van der Waals surface area contributed by atoms with Crippen molar-refractivity contribution in [2.75, 3.05) is 30.0 Å². The summed E-state index contributed by atoms with van der Waals surface area (Å²) in [4.78, 5) is 14.4. The molecule has 0 heterocycles. The van der Waals surface area contributed by atoms with Crippen molar-refractivity contribution in [3.63, 3.8) is 0 Å². The van der Waals surface area contributed by atoms with Gasteiger partial charge in [-0.15, -0.1) is 0 Å². The number of carbonyl (C=O) groups is 1. The fraction of sp³-hybridized carbons (Fsp3) is 0.133. The number of halogens is 2. The molecule has 0 atom stereocenters. The average Bonchev–Trinajstić information content (AvgIpc) is 2.42. The van der Waals surface area contributed by atoms with Crippen LogP contribution < -0.4 is 16.0 Å². The molecular formula is C15H15Br2N3O. The first-order valence-corrected chi connectivity index (χ1v) is 7.81. The maximum atomic E-state index is 12.6. The number of hydrogen-bond donors (Lipinski definition) is 2. The maximum absolute atomic E-state index is 12.6. The van der Waals surface area contributed by atoms with E-state index in [-0.39, 0.29) is 5.91 Å². The van der Waals surface area contributed by atoms with E-state index in [0.29, 0.717) is 16.9 Å². The summed E-state index contributed by atoms with van der Waals surface area (Å²) < 4.78 is 1.61. The molecule has 0 bridgehead atoms. The molecule has 110 valence electrons. The van der Waals surface area contributed by atoms with Crippen LogP contribution in [0.1, 0.15) is 10.4 Å². The highest BCUT2D eigenvalue weighted by molar-refractivity contribution is 9.11. The third-order valence-electron chi connectivity index (χ3n) is 2.95. The zero-order chi connectivity index (χ0) is 15.6. The molecule has 21 heavy (non-hydrogen) atoms. The van der Waals surface area contributed by atoms with Gasteiger partial charge in [-0.25, -0.2) is 0 Å². The molecule has 3 N–H and O–H groups in total. The van der Waals surface area contributed by atoms with Crippen LogP contribution in [0.15, 0.2) is 45.3 Å². The molecule has 0 fully saturated rings. The fourth-order valence-electron chi connectivity index (χ4n) is 1.92. The minimum Gasteiger partial charge on any atom is -0.399 e. The lowest BCUT2D eigenvalue weighted by Crippen LogP contribution is -2.19. The molecule has 0 aliphatic heterocycles. The first-order chi connectivity index (χ1) is 9.90. The van der Waals surface area contributed by atoms with Crippen molar-refractivity contribution in [1.82, 2.24) is 0 Å². The van der Waals surface area contributed by atoms with Gasteiger partial charge in [0.1, 0.15) is 0 Å². The van der Waals surface area contributed by atoms with Gasteiger partial charge in [0, 0.05) is 34.4 Å². The molecule has 6 heteroatoms. The van der Waals surface area contributed by atoms with Gasteiger partial charge in [-0.3, -0.25) is 4.79 Å². The number of para-hydroxylation sites is 1. The first-order valence-electron chi connectivity index (χ1n) is 6.22. The molecule has 2 aromatic rings. The summed E-state index contributed by atoms with van der Waals surface area (Å²) >= 11 is 6.86. The summed E-state index contributed by atoms with van der Waals surface area (Å²) in [6.07, 6.45) is 0. The summed E-state index contributed by atoms with van der Waals surface area (Å²) in [6.45, 7) is 0. The van der Waals surface area contributed by atoms with E-state index in [1.54, 1.807) is 12.1 Å². The molecular weight excluding hydrogens is 398 g/mol. The number of benzene rings is 2. The van der Waals surface area contributed by atoms with E-state index in [2.05, 4.69) is 37.2 Å². The predicted molar refractivity (Wildman–Crippen MR) is 95.0 cm³/mol. The molecule has 2 aromatic carbocycles. The number of anilines is 3. The van der Waals surface area contributed by atoms with E-state index in [1.165, 1.54) is 0 Å². The van der Waals surface area contributed by atoms with Crippen molar-refractivity contribution in [1.29, 1.82) is 0 Å². The number of rotatable bonds is 3. The van der Waals surface area contributed by atoms with Gasteiger partial charge in [-0.2, -0.15) is 0 Å². The SMILES string of the molecule is CN(C)c1ccc(N)cc1C(=O)Nc1c(Br)cccc1Br. The highest BCUT2D eigenvalue weighted by atomic mass is 79.9. The Labute approximate surface area is 140 Å². The third kappa shape index (κ3) is 3.57. The van der Waals surface area contributed by atoms with Gasteiger partial charge in [0.2, 0.25) is 0 Å². The quantitative estimate of drug-likeness (QED) is 0.745. The summed E-state index contributed by atoms with van der Waals surface area (Å²) in [5, 5.41) is 2.90. The minimum absolute atomic E-state index is 0.210. The summed E-state index contributed by atoms with van der Waals surface area (Å²) in [7, 11) is 3.77. The number of nitrogens with two attached hydrogens (primary N) is 1. The topological polar surface area (TPSA) is 58.4 Å². The monoisotopic (exact) mass is 411 g/mol. The van der Waals surface area contributed by atoms with Crippen LogP contribution in [0.4, 0.5) is 17.1 Å². The van der Waals surface area contributed by atoms with E-state index in [9.17, 15) is 4.79 Å². The van der Waals surface area contributed by atoms with Crippen LogP contribution in [-0.4, -0.2) is 20.0 Å². The fourth-order valence-corrected chi connectivity index (χ4v) is 3.12. The largest absolute Gasteiger partial charge is 0.399 e. The number of nitrogens with zero attached hydrogens (tertiary/aromatic N) is 1. The number of nitrogens with one attached hydrogen (secondary N) is 1. The zero-order valence-corrected chi connectivity index (χ0v) is 14.8. The highest BCUT2D eigenvalue weighted by Crippen LogP contribution is 2.32. The van der Waals surface area contributed by atoms with Crippen molar-refractivity contribution >= 4 is 54.8 Å². The molecule has 0 radical (unpaired) electrons. The summed E-state index contributed by atoms with van der Waals surface area (Å²) in [6, 6.07) is 10.9. The number of amides is 1. The minimum atomic E-state index is -0.210. The predicted octanol–water partition coefficient (Wildman–Crippen LogP) is 4.11. The molecule has 0 saturated carbocycles. The molecule has 0 aromatic heterocycles. The number of hydrogen-bond acceptors (Lipinski definition) is 3. The second-order valence-electron chi connectivity index (χ2n) is 4.72. The van der Waals surface area contributed by atoms with Crippen molar-refractivity contribution in [2.45, 2.75) is 0 Å². The molecule has 1 amide bonds. The summed E-state index contributed by atoms with van der Waals surface area (Å²) in [5.74, 6) is -0.210. The van der Waals surface area contributed by atoms with Crippen molar-refractivity contribution in [2.24, 2.45) is 0 Å². The van der Waals surface area contributed by atoms with E-state index in [0.717, 1.165) is 14.6 Å². The van der Waals surface area contributed by atoms with Gasteiger partial charge in [0.05, 0.1) is 11.3 Å². The lowest BCUT2D eigenvalue weighted by Gasteiger charge is -2.18. The normalized spacial score (nSPS) is 10.3. The lowest BCUT2D eigenvalue weighted by atomic mass is 10.1. The number of carbonyl (C=O) groups excluding carboxylic acids is 1. The van der Waals surface area contributed by atoms with Gasteiger partial charge in [0.25, 0.3) is 5.91 Å². The number of nitrogen functional groups attached to an aromatic ring is 1. The Hall–Kier alpha value is -1.53. The van der Waals surface area contributed by atoms with E-state index in [1.807, 2.05) is 43.3 Å². The van der Waals surface area contributed by atoms with Gasteiger partial charge < -0.3 is 16.0 Å². The van der Waals surface area contributed by atoms with Crippen LogP contribution in [0, 0.1) is 0 Å². The molecule has 4 nitrogen and oxygen atoms in total. The summed E-state index contributed by atoms with van der Waals surface area (Å²) in [5.41, 5.74) is 8.38. The standard InChI is InChI=1S/C15H15Br2N3O/c1-20(2)13-7-6-9(18)8-10(13)15(21)19-14-11(16)4-3-5-12(14)17/h3-8H,18H2,1-2H3,(H,19,21). The van der Waals surface area contributed by atoms with Crippen LogP contribution in [0.5, 0.6) is 0 Å². The van der Waals surface area contributed by atoms with Crippen LogP contribution in [-0.2, 0) is 0 Å². The molecule has 0 aliphatic carbocycles. The van der Waals surface area contributed by atoms with E-state index < -0.39 is 0 Å². The van der Waals surface area contributed by atoms with Gasteiger partial charge >= 0.3 is 0 Å². The van der Waals surface area contributed by atoms with Crippen molar-refractivity contribution in [3.05, 3.63) is 50.9 Å². The second-order valence-corrected chi connectivity index (χ2v) is 6.43. The van der Waals surface area contributed by atoms with Crippen molar-refractivity contribution < 1.29 is 4.79 Å². The van der Waals surface area contributed by atoms with Crippen LogP contribution in [0.2, 0.25) is 0 Å². The van der Waals surface area contributed by atoms with Crippen LogP contribution in [0.25, 0.3) is 0 Å². The Balaban J connectivity index is 2.39. The lowest BCUT2D eigenvalue weighted by molar-refractivity contribution is 0.102. The third-order valence-corrected chi connectivity index (χ3v) is 4.27. The Morgan fingerprint density at radius 3 is 2.33 bits per heavy atom. The molecule has 0 spiro atoms. The van der Waals surface area contributed by atoms with Gasteiger partial charge in [0.15, 0.2) is 0 Å². The van der Waals surface area contributed by atoms with Gasteiger partial charge in [-0.05, 0) is 62.2 Å².